The summed E-state index contributed by atoms with van der Waals surface area (Å²) in [4.78, 5) is 0. The molecule has 0 rings (SSSR count). The molecule has 320 valence electrons. The molecular formula is C48H128. The van der Waals surface area contributed by atoms with Crippen molar-refractivity contribution in [3.63, 3.8) is 0 Å². The van der Waals surface area contributed by atoms with Gasteiger partial charge in [-0.2, -0.15) is 0 Å². The van der Waals surface area contributed by atoms with Gasteiger partial charge in [-0.05, 0) is 0 Å². The first-order chi connectivity index (χ1) is 22.6. The maximum absolute atomic E-state index is 2.12. The lowest BCUT2D eigenvalue weighted by Crippen LogP contribution is -1.27. The van der Waals surface area contributed by atoms with Crippen LogP contribution in [0.1, 0.15) is 324 Å². The van der Waals surface area contributed by atoms with Crippen molar-refractivity contribution in [1.29, 1.82) is 0 Å². The highest BCUT2D eigenvalue weighted by molar-refractivity contribution is 3.96. The molecule has 0 aromatic carbocycles. The third kappa shape index (κ3) is 0. The SMILES string of the molecule is CCC.CCC.CCC.CCC.CCC.CCC.CCC.CCC.CCC.CCC.CCC.CCC.CCC.CCC.CCC.CCC. The fraction of sp³-hybridized carbons (Fsp3) is 1.00. The number of hydrogen-bond acceptors (Lipinski definition) is 0. The van der Waals surface area contributed by atoms with Gasteiger partial charge in [0.05, 0.1) is 0 Å². The van der Waals surface area contributed by atoms with Crippen LogP contribution in [0.2, 0.25) is 0 Å². The molecule has 0 heterocycles. The molecule has 0 aliphatic carbocycles. The highest BCUT2D eigenvalue weighted by Crippen LogP contribution is 1.60. The Bertz CT molecular complexity index is 64.0. The predicted molar refractivity (Wildman–Crippen MR) is 255 cm³/mol. The van der Waals surface area contributed by atoms with Crippen molar-refractivity contribution in [2.24, 2.45) is 0 Å². The van der Waals surface area contributed by atoms with Crippen LogP contribution in [-0.4, -0.2) is 0 Å². The molecule has 0 N–H and O–H groups in total. The maximum atomic E-state index is 2.12. The van der Waals surface area contributed by atoms with Crippen molar-refractivity contribution in [2.75, 3.05) is 0 Å². The fourth-order valence-corrected chi connectivity index (χ4v) is 0. The second kappa shape index (κ2) is 388. The third-order valence-corrected chi connectivity index (χ3v) is 0. The van der Waals surface area contributed by atoms with Gasteiger partial charge in [-0.3, -0.25) is 0 Å². The summed E-state index contributed by atoms with van der Waals surface area (Å²) >= 11 is 0. The predicted octanol–water partition coefficient (Wildman–Crippen LogP) is 22.7. The lowest BCUT2D eigenvalue weighted by atomic mass is 10.6. The molecule has 0 aliphatic heterocycles. The molecule has 0 radical (unpaired) electrons. The number of rotatable bonds is 0. The van der Waals surface area contributed by atoms with Crippen LogP contribution >= 0.6 is 0 Å². The van der Waals surface area contributed by atoms with Gasteiger partial charge in [0.1, 0.15) is 0 Å². The Hall–Kier alpha value is 0. The Morgan fingerprint density at radius 3 is 0.0833 bits per heavy atom. The van der Waals surface area contributed by atoms with Crippen molar-refractivity contribution in [3.05, 3.63) is 0 Å². The molecule has 0 saturated heterocycles. The van der Waals surface area contributed by atoms with Gasteiger partial charge in [0.2, 0.25) is 0 Å². The van der Waals surface area contributed by atoms with Crippen molar-refractivity contribution < 1.29 is 0 Å². The Morgan fingerprint density at radius 2 is 0.0833 bits per heavy atom. The monoisotopic (exact) mass is 705 g/mol. The van der Waals surface area contributed by atoms with Gasteiger partial charge in [-0.1, -0.05) is 324 Å². The zero-order chi connectivity index (χ0) is 43.3. The molecule has 0 atom stereocenters. The summed E-state index contributed by atoms with van der Waals surface area (Å²) in [5, 5.41) is 0. The first-order valence-electron chi connectivity index (χ1n) is 22.6. The van der Waals surface area contributed by atoms with Crippen LogP contribution < -0.4 is 0 Å². The standard InChI is InChI=1S/16C3H8/c16*1-3-2/h16*3H2,1-2H3. The highest BCUT2D eigenvalue weighted by Gasteiger charge is 1.40. The van der Waals surface area contributed by atoms with Gasteiger partial charge in [0.25, 0.3) is 0 Å². The van der Waals surface area contributed by atoms with Crippen molar-refractivity contribution >= 4 is 0 Å². The molecule has 0 nitrogen and oxygen atoms in total. The molecule has 0 aromatic rings. The topological polar surface area (TPSA) is 0 Å². The lowest BCUT2D eigenvalue weighted by Gasteiger charge is -1.48. The summed E-state index contributed by atoms with van der Waals surface area (Å²) < 4.78 is 0. The normalized spacial score (nSPS) is 6.00. The number of hydrogen-bond donors (Lipinski definition) is 0. The largest absolute Gasteiger partial charge is 0.0656 e. The van der Waals surface area contributed by atoms with E-state index in [-0.39, 0.29) is 0 Å². The van der Waals surface area contributed by atoms with Crippen LogP contribution in [0.3, 0.4) is 0 Å². The van der Waals surface area contributed by atoms with Gasteiger partial charge in [-0.25, -0.2) is 0 Å². The lowest BCUT2D eigenvalue weighted by molar-refractivity contribution is 1.09. The molecule has 0 amide bonds. The smallest absolute Gasteiger partial charge is 0.0590 e. The fourth-order valence-electron chi connectivity index (χ4n) is 0. The van der Waals surface area contributed by atoms with Crippen LogP contribution in [-0.2, 0) is 0 Å². The first-order valence-corrected chi connectivity index (χ1v) is 22.6. The van der Waals surface area contributed by atoms with E-state index in [0.717, 1.165) is 0 Å². The summed E-state index contributed by atoms with van der Waals surface area (Å²) in [5.74, 6) is 0. The van der Waals surface area contributed by atoms with E-state index in [1.807, 2.05) is 0 Å². The van der Waals surface area contributed by atoms with Crippen molar-refractivity contribution in [2.45, 2.75) is 324 Å². The molecule has 0 heteroatoms. The van der Waals surface area contributed by atoms with Crippen LogP contribution in [0, 0.1) is 0 Å². The molecule has 0 aromatic heterocycles. The highest BCUT2D eigenvalue weighted by atomic mass is 13.5. The van der Waals surface area contributed by atoms with E-state index in [4.69, 9.17) is 0 Å². The Kier molecular flexibility index (Phi) is 838. The molecule has 0 fully saturated rings. The average Bonchev–Trinajstić information content (AvgIpc) is 2.96. The molecule has 0 aliphatic rings. The van der Waals surface area contributed by atoms with E-state index >= 15 is 0 Å². The summed E-state index contributed by atoms with van der Waals surface area (Å²) in [6, 6.07) is 0. The quantitative estimate of drug-likeness (QED) is 0.235. The van der Waals surface area contributed by atoms with Gasteiger partial charge in [-0.15, -0.1) is 0 Å². The molecular weight excluding hydrogens is 577 g/mol. The van der Waals surface area contributed by atoms with Crippen LogP contribution in [0.4, 0.5) is 0 Å². The minimum atomic E-state index is 1.25. The molecule has 0 spiro atoms. The van der Waals surface area contributed by atoms with Gasteiger partial charge in [0.15, 0.2) is 0 Å². The minimum absolute atomic E-state index is 1.25. The summed E-state index contributed by atoms with van der Waals surface area (Å²) in [5.41, 5.74) is 0. The first kappa shape index (κ1) is 104. The van der Waals surface area contributed by atoms with E-state index in [0.29, 0.717) is 0 Å². The molecule has 0 unspecified atom stereocenters. The molecule has 0 bridgehead atoms. The van der Waals surface area contributed by atoms with Crippen LogP contribution in [0.5, 0.6) is 0 Å². The van der Waals surface area contributed by atoms with Crippen LogP contribution in [0.15, 0.2) is 0 Å². The molecule has 0 saturated carbocycles. The minimum Gasteiger partial charge on any atom is -0.0656 e. The third-order valence-electron chi connectivity index (χ3n) is 0. The summed E-state index contributed by atoms with van der Waals surface area (Å²) in [6.07, 6.45) is 20.0. The van der Waals surface area contributed by atoms with Crippen molar-refractivity contribution in [3.8, 4) is 0 Å². The van der Waals surface area contributed by atoms with E-state index < -0.39 is 0 Å². The van der Waals surface area contributed by atoms with E-state index in [1.165, 1.54) is 103 Å². The van der Waals surface area contributed by atoms with Gasteiger partial charge in [0, 0.05) is 0 Å². The summed E-state index contributed by atoms with van der Waals surface area (Å²) in [6.45, 7) is 68.0. The zero-order valence-electron chi connectivity index (χ0n) is 43.3. The average molecular weight is 706 g/mol. The maximum Gasteiger partial charge on any atom is -0.0590 e. The Morgan fingerprint density at radius 1 is 0.0833 bits per heavy atom. The van der Waals surface area contributed by atoms with Crippen molar-refractivity contribution in [1.82, 2.24) is 0 Å². The van der Waals surface area contributed by atoms with E-state index in [2.05, 4.69) is 222 Å². The van der Waals surface area contributed by atoms with Gasteiger partial charge >= 0.3 is 0 Å². The van der Waals surface area contributed by atoms with Gasteiger partial charge < -0.3 is 0 Å². The second-order valence-corrected chi connectivity index (χ2v) is 11.3. The van der Waals surface area contributed by atoms with Crippen LogP contribution in [0.25, 0.3) is 0 Å². The second-order valence-electron chi connectivity index (χ2n) is 11.3. The Labute approximate surface area is 323 Å². The van der Waals surface area contributed by atoms with E-state index in [9.17, 15) is 0 Å². The van der Waals surface area contributed by atoms with E-state index in [1.54, 1.807) is 0 Å². The zero-order valence-corrected chi connectivity index (χ0v) is 43.3. The Balaban J connectivity index is -0.0000000163. The molecule has 48 heavy (non-hydrogen) atoms. The summed E-state index contributed by atoms with van der Waals surface area (Å²) in [7, 11) is 0.